The Morgan fingerprint density at radius 1 is 1.43 bits per heavy atom. The number of anilines is 1. The molecule has 1 aliphatic rings. The summed E-state index contributed by atoms with van der Waals surface area (Å²) in [5.41, 5.74) is 6.33. The predicted molar refractivity (Wildman–Crippen MR) is 80.4 cm³/mol. The SMILES string of the molecule is NC(CCN(C(=O)C1CCCOC1)c1ccccc1)=NO. The molecule has 0 spiro atoms. The molecule has 1 saturated heterocycles. The van der Waals surface area contributed by atoms with Gasteiger partial charge in [0.25, 0.3) is 0 Å². The summed E-state index contributed by atoms with van der Waals surface area (Å²) >= 11 is 0. The number of benzene rings is 1. The van der Waals surface area contributed by atoms with E-state index in [0.717, 1.165) is 25.1 Å². The number of amidine groups is 1. The van der Waals surface area contributed by atoms with Crippen molar-refractivity contribution >= 4 is 17.4 Å². The second-order valence-corrected chi connectivity index (χ2v) is 5.08. The van der Waals surface area contributed by atoms with Crippen molar-refractivity contribution in [3.05, 3.63) is 30.3 Å². The highest BCUT2D eigenvalue weighted by molar-refractivity contribution is 5.96. The molecule has 1 fully saturated rings. The Hall–Kier alpha value is -2.08. The molecule has 114 valence electrons. The number of rotatable bonds is 5. The molecule has 0 aromatic heterocycles. The van der Waals surface area contributed by atoms with Gasteiger partial charge >= 0.3 is 0 Å². The van der Waals surface area contributed by atoms with E-state index in [1.54, 1.807) is 4.90 Å². The molecule has 6 nitrogen and oxygen atoms in total. The highest BCUT2D eigenvalue weighted by Crippen LogP contribution is 2.21. The standard InChI is InChI=1S/C15H21N3O3/c16-14(17-20)8-9-18(13-6-2-1-3-7-13)15(19)12-5-4-10-21-11-12/h1-3,6-7,12,20H,4-5,8-11H2,(H2,16,17). The summed E-state index contributed by atoms with van der Waals surface area (Å²) in [5.74, 6) is 0.0292. The molecule has 0 aliphatic carbocycles. The summed E-state index contributed by atoms with van der Waals surface area (Å²) in [6, 6.07) is 9.44. The van der Waals surface area contributed by atoms with Crippen LogP contribution in [0.15, 0.2) is 35.5 Å². The first kappa shape index (κ1) is 15.3. The Kier molecular flexibility index (Phi) is 5.57. The Bertz CT molecular complexity index is 484. The normalized spacial score (nSPS) is 19.2. The largest absolute Gasteiger partial charge is 0.409 e. The number of oxime groups is 1. The number of nitrogens with two attached hydrogens (primary N) is 1. The van der Waals surface area contributed by atoms with Crippen molar-refractivity contribution in [2.75, 3.05) is 24.7 Å². The van der Waals surface area contributed by atoms with Crippen LogP contribution in [0.3, 0.4) is 0 Å². The van der Waals surface area contributed by atoms with Gasteiger partial charge in [-0.25, -0.2) is 0 Å². The minimum Gasteiger partial charge on any atom is -0.409 e. The summed E-state index contributed by atoms with van der Waals surface area (Å²) in [6.45, 7) is 1.57. The van der Waals surface area contributed by atoms with E-state index in [9.17, 15) is 4.79 Å². The molecule has 6 heteroatoms. The lowest BCUT2D eigenvalue weighted by atomic mass is 10.00. The quantitative estimate of drug-likeness (QED) is 0.373. The summed E-state index contributed by atoms with van der Waals surface area (Å²) in [5, 5.41) is 11.6. The van der Waals surface area contributed by atoms with Crippen LogP contribution in [0.1, 0.15) is 19.3 Å². The lowest BCUT2D eigenvalue weighted by molar-refractivity contribution is -0.126. The van der Waals surface area contributed by atoms with E-state index in [0.29, 0.717) is 19.6 Å². The van der Waals surface area contributed by atoms with Crippen molar-refractivity contribution in [3.63, 3.8) is 0 Å². The number of nitrogens with zero attached hydrogens (tertiary/aromatic N) is 2. The van der Waals surface area contributed by atoms with Crippen LogP contribution in [0.4, 0.5) is 5.69 Å². The summed E-state index contributed by atoms with van der Waals surface area (Å²) < 4.78 is 5.40. The predicted octanol–water partition coefficient (Wildman–Crippen LogP) is 1.58. The van der Waals surface area contributed by atoms with E-state index in [1.165, 1.54) is 0 Å². The van der Waals surface area contributed by atoms with Gasteiger partial charge in [0.15, 0.2) is 0 Å². The average molecular weight is 291 g/mol. The van der Waals surface area contributed by atoms with Gasteiger partial charge in [-0.1, -0.05) is 23.4 Å². The molecule has 3 N–H and O–H groups in total. The highest BCUT2D eigenvalue weighted by atomic mass is 16.5. The number of para-hydroxylation sites is 1. The van der Waals surface area contributed by atoms with Crippen LogP contribution in [-0.4, -0.2) is 36.7 Å². The van der Waals surface area contributed by atoms with E-state index in [1.807, 2.05) is 30.3 Å². The number of carbonyl (C=O) groups is 1. The van der Waals surface area contributed by atoms with Gasteiger partial charge in [0.2, 0.25) is 5.91 Å². The molecule has 21 heavy (non-hydrogen) atoms. The van der Waals surface area contributed by atoms with Gasteiger partial charge in [0.05, 0.1) is 12.5 Å². The van der Waals surface area contributed by atoms with Gasteiger partial charge in [0.1, 0.15) is 5.84 Å². The fourth-order valence-corrected chi connectivity index (χ4v) is 2.41. The third kappa shape index (κ3) is 4.19. The number of hydrogen-bond donors (Lipinski definition) is 2. The molecular formula is C15H21N3O3. The molecule has 0 radical (unpaired) electrons. The molecule has 0 saturated carbocycles. The fourth-order valence-electron chi connectivity index (χ4n) is 2.41. The number of hydrogen-bond acceptors (Lipinski definition) is 4. The zero-order chi connectivity index (χ0) is 15.1. The second kappa shape index (κ2) is 7.64. The zero-order valence-electron chi connectivity index (χ0n) is 11.9. The Labute approximate surface area is 124 Å². The van der Waals surface area contributed by atoms with Gasteiger partial charge < -0.3 is 20.6 Å². The van der Waals surface area contributed by atoms with Gasteiger partial charge in [-0.3, -0.25) is 4.79 Å². The van der Waals surface area contributed by atoms with Gasteiger partial charge in [-0.15, -0.1) is 0 Å². The van der Waals surface area contributed by atoms with Crippen LogP contribution in [0.2, 0.25) is 0 Å². The number of ether oxygens (including phenoxy) is 1. The molecular weight excluding hydrogens is 270 g/mol. The number of carbonyl (C=O) groups excluding carboxylic acids is 1. The van der Waals surface area contributed by atoms with E-state index in [4.69, 9.17) is 15.7 Å². The van der Waals surface area contributed by atoms with Crippen molar-refractivity contribution in [2.45, 2.75) is 19.3 Å². The molecule has 0 bridgehead atoms. The maximum absolute atomic E-state index is 12.7. The van der Waals surface area contributed by atoms with Crippen molar-refractivity contribution in [2.24, 2.45) is 16.8 Å². The minimum absolute atomic E-state index is 0.0339. The first-order valence-electron chi connectivity index (χ1n) is 7.13. The zero-order valence-corrected chi connectivity index (χ0v) is 11.9. The van der Waals surface area contributed by atoms with Crippen molar-refractivity contribution in [1.82, 2.24) is 0 Å². The van der Waals surface area contributed by atoms with Gasteiger partial charge in [0, 0.05) is 25.3 Å². The molecule has 1 heterocycles. The van der Waals surface area contributed by atoms with Crippen LogP contribution in [0.25, 0.3) is 0 Å². The molecule has 1 aromatic carbocycles. The lowest BCUT2D eigenvalue weighted by Gasteiger charge is -2.29. The van der Waals surface area contributed by atoms with E-state index in [-0.39, 0.29) is 17.7 Å². The maximum atomic E-state index is 12.7. The molecule has 2 rings (SSSR count). The Balaban J connectivity index is 2.12. The van der Waals surface area contributed by atoms with E-state index >= 15 is 0 Å². The molecule has 1 aromatic rings. The van der Waals surface area contributed by atoms with Crippen LogP contribution < -0.4 is 10.6 Å². The second-order valence-electron chi connectivity index (χ2n) is 5.08. The molecule has 1 unspecified atom stereocenters. The Morgan fingerprint density at radius 3 is 2.81 bits per heavy atom. The lowest BCUT2D eigenvalue weighted by Crippen LogP contribution is -2.41. The summed E-state index contributed by atoms with van der Waals surface area (Å²) in [7, 11) is 0. The Morgan fingerprint density at radius 2 is 2.19 bits per heavy atom. The van der Waals surface area contributed by atoms with Gasteiger partial charge in [-0.05, 0) is 25.0 Å². The monoisotopic (exact) mass is 291 g/mol. The van der Waals surface area contributed by atoms with E-state index in [2.05, 4.69) is 5.16 Å². The smallest absolute Gasteiger partial charge is 0.232 e. The average Bonchev–Trinajstić information content (AvgIpc) is 2.56. The molecule has 1 aliphatic heterocycles. The van der Waals surface area contributed by atoms with Crippen LogP contribution in [0, 0.1) is 5.92 Å². The van der Waals surface area contributed by atoms with Crippen molar-refractivity contribution in [1.29, 1.82) is 0 Å². The summed E-state index contributed by atoms with van der Waals surface area (Å²) in [6.07, 6.45) is 2.07. The third-order valence-electron chi connectivity index (χ3n) is 3.56. The minimum atomic E-state index is -0.119. The number of amides is 1. The van der Waals surface area contributed by atoms with Gasteiger partial charge in [-0.2, -0.15) is 0 Å². The van der Waals surface area contributed by atoms with Crippen LogP contribution in [0.5, 0.6) is 0 Å². The van der Waals surface area contributed by atoms with Crippen molar-refractivity contribution in [3.8, 4) is 0 Å². The topological polar surface area (TPSA) is 88.2 Å². The highest BCUT2D eigenvalue weighted by Gasteiger charge is 2.27. The molecule has 1 amide bonds. The summed E-state index contributed by atoms with van der Waals surface area (Å²) in [4.78, 5) is 14.4. The fraction of sp³-hybridized carbons (Fsp3) is 0.467. The first-order chi connectivity index (χ1) is 10.2. The molecule has 1 atom stereocenters. The van der Waals surface area contributed by atoms with Crippen molar-refractivity contribution < 1.29 is 14.7 Å². The third-order valence-corrected chi connectivity index (χ3v) is 3.56. The van der Waals surface area contributed by atoms with E-state index < -0.39 is 0 Å². The van der Waals surface area contributed by atoms with Crippen LogP contribution >= 0.6 is 0 Å². The van der Waals surface area contributed by atoms with Crippen LogP contribution in [-0.2, 0) is 9.53 Å². The first-order valence-corrected chi connectivity index (χ1v) is 7.13. The maximum Gasteiger partial charge on any atom is 0.232 e.